The summed E-state index contributed by atoms with van der Waals surface area (Å²) in [5, 5.41) is 2.94. The lowest BCUT2D eigenvalue weighted by atomic mass is 10.3. The van der Waals surface area contributed by atoms with Crippen LogP contribution in [0.25, 0.3) is 0 Å². The molecule has 6 nitrogen and oxygen atoms in total. The van der Waals surface area contributed by atoms with Gasteiger partial charge in [-0.05, 0) is 26.0 Å². The predicted octanol–water partition coefficient (Wildman–Crippen LogP) is 3.03. The number of benzene rings is 1. The quantitative estimate of drug-likeness (QED) is 0.595. The molecule has 1 amide bonds. The van der Waals surface area contributed by atoms with E-state index in [-0.39, 0.29) is 11.5 Å². The van der Waals surface area contributed by atoms with Crippen LogP contribution in [0.5, 0.6) is 5.75 Å². The summed E-state index contributed by atoms with van der Waals surface area (Å²) in [5.41, 5.74) is 2.10. The maximum absolute atomic E-state index is 12.5. The minimum Gasteiger partial charge on any atom is -0.492 e. The normalized spacial score (nSPS) is 14.0. The highest BCUT2D eigenvalue weighted by atomic mass is 32.2. The zero-order valence-electron chi connectivity index (χ0n) is 14.0. The number of thioether (sulfide) groups is 2. The fourth-order valence-corrected chi connectivity index (χ4v) is 4.25. The Morgan fingerprint density at radius 1 is 1.44 bits per heavy atom. The molecule has 1 atom stereocenters. The molecule has 0 saturated heterocycles. The first-order valence-corrected chi connectivity index (χ1v) is 10.0. The lowest BCUT2D eigenvalue weighted by molar-refractivity contribution is -0.115. The van der Waals surface area contributed by atoms with E-state index in [0.29, 0.717) is 29.0 Å². The van der Waals surface area contributed by atoms with E-state index >= 15 is 0 Å². The molecule has 1 aromatic heterocycles. The summed E-state index contributed by atoms with van der Waals surface area (Å²) in [5.74, 6) is 1.91. The van der Waals surface area contributed by atoms with E-state index in [1.54, 1.807) is 24.8 Å². The van der Waals surface area contributed by atoms with Crippen molar-refractivity contribution in [1.29, 1.82) is 0 Å². The molecule has 1 aliphatic heterocycles. The highest BCUT2D eigenvalue weighted by Crippen LogP contribution is 2.29. The van der Waals surface area contributed by atoms with E-state index in [9.17, 15) is 9.59 Å². The Morgan fingerprint density at radius 3 is 3.04 bits per heavy atom. The van der Waals surface area contributed by atoms with Crippen molar-refractivity contribution in [2.75, 3.05) is 11.9 Å². The van der Waals surface area contributed by atoms with E-state index < -0.39 is 5.25 Å². The van der Waals surface area contributed by atoms with Crippen LogP contribution in [-0.2, 0) is 16.3 Å². The van der Waals surface area contributed by atoms with Crippen LogP contribution in [0.4, 0.5) is 5.69 Å². The lowest BCUT2D eigenvalue weighted by Crippen LogP contribution is -2.24. The second kappa shape index (κ2) is 7.97. The van der Waals surface area contributed by atoms with Crippen molar-refractivity contribution in [1.82, 2.24) is 9.97 Å². The van der Waals surface area contributed by atoms with Crippen LogP contribution in [-0.4, -0.2) is 27.7 Å². The zero-order chi connectivity index (χ0) is 17.8. The van der Waals surface area contributed by atoms with Crippen molar-refractivity contribution in [2.45, 2.75) is 35.8 Å². The van der Waals surface area contributed by atoms with Crippen LogP contribution >= 0.6 is 23.5 Å². The van der Waals surface area contributed by atoms with E-state index in [1.807, 2.05) is 25.1 Å². The van der Waals surface area contributed by atoms with Crippen molar-refractivity contribution in [3.8, 4) is 5.75 Å². The third-order valence-electron chi connectivity index (χ3n) is 3.67. The largest absolute Gasteiger partial charge is 0.492 e. The minimum atomic E-state index is -0.412. The van der Waals surface area contributed by atoms with Gasteiger partial charge in [-0.1, -0.05) is 23.9 Å². The molecule has 0 fully saturated rings. The number of H-pyrrole nitrogens is 1. The van der Waals surface area contributed by atoms with Gasteiger partial charge in [-0.2, -0.15) is 11.8 Å². The fraction of sp³-hybridized carbons (Fsp3) is 0.353. The van der Waals surface area contributed by atoms with Crippen molar-refractivity contribution in [3.05, 3.63) is 45.9 Å². The summed E-state index contributed by atoms with van der Waals surface area (Å²) >= 11 is 2.92. The average Bonchev–Trinajstić information content (AvgIpc) is 3.06. The first-order valence-electron chi connectivity index (χ1n) is 7.97. The van der Waals surface area contributed by atoms with Crippen LogP contribution in [0.2, 0.25) is 0 Å². The maximum atomic E-state index is 12.5. The molecule has 1 aliphatic rings. The Labute approximate surface area is 154 Å². The number of rotatable bonds is 6. The lowest BCUT2D eigenvalue weighted by Gasteiger charge is -2.14. The molecule has 8 heteroatoms. The molecule has 0 saturated carbocycles. The van der Waals surface area contributed by atoms with Crippen LogP contribution in [0.15, 0.2) is 34.2 Å². The molecule has 3 rings (SSSR count). The number of para-hydroxylation sites is 2. The number of amides is 1. The van der Waals surface area contributed by atoms with E-state index in [2.05, 4.69) is 15.3 Å². The number of nitrogens with one attached hydrogen (secondary N) is 2. The summed E-state index contributed by atoms with van der Waals surface area (Å²) in [6, 6.07) is 7.31. The third kappa shape index (κ3) is 4.19. The van der Waals surface area contributed by atoms with Crippen molar-refractivity contribution < 1.29 is 9.53 Å². The first-order chi connectivity index (χ1) is 12.1. The van der Waals surface area contributed by atoms with Gasteiger partial charge in [0.1, 0.15) is 5.75 Å². The van der Waals surface area contributed by atoms with Gasteiger partial charge < -0.3 is 15.0 Å². The Balaban J connectivity index is 1.69. The van der Waals surface area contributed by atoms with Gasteiger partial charge in [0.2, 0.25) is 5.91 Å². The topological polar surface area (TPSA) is 84.1 Å². The number of hydrogen-bond donors (Lipinski definition) is 2. The number of aromatic nitrogens is 2. The monoisotopic (exact) mass is 377 g/mol. The molecule has 1 unspecified atom stereocenters. The molecular formula is C17H19N3O3S2. The number of carbonyl (C=O) groups is 1. The van der Waals surface area contributed by atoms with Crippen molar-refractivity contribution >= 4 is 35.1 Å². The summed E-state index contributed by atoms with van der Waals surface area (Å²) < 4.78 is 5.52. The number of nitrogens with zero attached hydrogens (tertiary/aromatic N) is 1. The summed E-state index contributed by atoms with van der Waals surface area (Å²) in [6.07, 6.45) is 0. The molecule has 2 heterocycles. The molecular weight excluding hydrogens is 358 g/mol. The fourth-order valence-electron chi connectivity index (χ4n) is 2.40. The van der Waals surface area contributed by atoms with Gasteiger partial charge in [-0.15, -0.1) is 0 Å². The Bertz CT molecular complexity index is 838. The number of fused-ring (bicyclic) bond motifs is 1. The standard InChI is InChI=1S/C17H19N3O3S2/c1-3-23-14-7-5-4-6-12(14)18-15(21)10(2)25-17-19-13-9-24-8-11(13)16(22)20-17/h4-7,10H,3,8-9H2,1-2H3,(H,18,21)(H,19,20,22). The van der Waals surface area contributed by atoms with E-state index in [4.69, 9.17) is 4.74 Å². The van der Waals surface area contributed by atoms with Gasteiger partial charge in [0.15, 0.2) is 5.16 Å². The van der Waals surface area contributed by atoms with Gasteiger partial charge >= 0.3 is 0 Å². The smallest absolute Gasteiger partial charge is 0.255 e. The van der Waals surface area contributed by atoms with Gasteiger partial charge in [-0.3, -0.25) is 9.59 Å². The molecule has 0 radical (unpaired) electrons. The summed E-state index contributed by atoms with van der Waals surface area (Å²) in [7, 11) is 0. The van der Waals surface area contributed by atoms with Crippen molar-refractivity contribution in [2.24, 2.45) is 0 Å². The van der Waals surface area contributed by atoms with Crippen LogP contribution in [0.3, 0.4) is 0 Å². The Morgan fingerprint density at radius 2 is 2.24 bits per heavy atom. The van der Waals surface area contributed by atoms with Crippen molar-refractivity contribution in [3.63, 3.8) is 0 Å². The minimum absolute atomic E-state index is 0.105. The summed E-state index contributed by atoms with van der Waals surface area (Å²) in [6.45, 7) is 4.20. The second-order valence-corrected chi connectivity index (χ2v) is 7.78. The molecule has 0 bridgehead atoms. The van der Waals surface area contributed by atoms with Gasteiger partial charge in [-0.25, -0.2) is 4.98 Å². The SMILES string of the molecule is CCOc1ccccc1NC(=O)C(C)Sc1nc2c(c(=O)[nH]1)CSC2. The van der Waals surface area contributed by atoms with Crippen LogP contribution in [0, 0.1) is 0 Å². The molecule has 2 N–H and O–H groups in total. The maximum Gasteiger partial charge on any atom is 0.255 e. The Hall–Kier alpha value is -1.93. The van der Waals surface area contributed by atoms with Gasteiger partial charge in [0.25, 0.3) is 5.56 Å². The van der Waals surface area contributed by atoms with Gasteiger partial charge in [0, 0.05) is 17.1 Å². The third-order valence-corrected chi connectivity index (χ3v) is 5.62. The zero-order valence-corrected chi connectivity index (χ0v) is 15.6. The first kappa shape index (κ1) is 17.9. The molecule has 0 aliphatic carbocycles. The number of hydrogen-bond acceptors (Lipinski definition) is 6. The summed E-state index contributed by atoms with van der Waals surface area (Å²) in [4.78, 5) is 31.8. The van der Waals surface area contributed by atoms with E-state index in [0.717, 1.165) is 17.0 Å². The number of aromatic amines is 1. The molecule has 25 heavy (non-hydrogen) atoms. The number of anilines is 1. The second-order valence-electron chi connectivity index (χ2n) is 5.47. The molecule has 0 spiro atoms. The van der Waals surface area contributed by atoms with Gasteiger partial charge in [0.05, 0.1) is 23.2 Å². The molecule has 2 aromatic rings. The molecule has 1 aromatic carbocycles. The van der Waals surface area contributed by atoms with E-state index in [1.165, 1.54) is 11.8 Å². The average molecular weight is 377 g/mol. The van der Waals surface area contributed by atoms with Crippen LogP contribution < -0.4 is 15.6 Å². The predicted molar refractivity (Wildman–Crippen MR) is 101 cm³/mol. The molecule has 132 valence electrons. The highest BCUT2D eigenvalue weighted by Gasteiger charge is 2.21. The highest BCUT2D eigenvalue weighted by molar-refractivity contribution is 8.00. The number of carbonyl (C=O) groups excluding carboxylic acids is 1. The number of ether oxygens (including phenoxy) is 1. The Kier molecular flexibility index (Phi) is 5.70. The van der Waals surface area contributed by atoms with Crippen LogP contribution in [0.1, 0.15) is 25.1 Å².